The molecule has 2 aromatic rings. The van der Waals surface area contributed by atoms with Gasteiger partial charge >= 0.3 is 5.97 Å². The van der Waals surface area contributed by atoms with Crippen molar-refractivity contribution in [2.45, 2.75) is 63.4 Å². The molecular formula is C31H35NO5. The molecule has 2 aliphatic carbocycles. The maximum atomic E-state index is 13.9. The average Bonchev–Trinajstić information content (AvgIpc) is 3.40. The maximum absolute atomic E-state index is 13.9. The summed E-state index contributed by atoms with van der Waals surface area (Å²) in [5, 5.41) is 3.38. The van der Waals surface area contributed by atoms with E-state index in [1.165, 1.54) is 0 Å². The van der Waals surface area contributed by atoms with Crippen molar-refractivity contribution in [3.8, 4) is 11.5 Å². The summed E-state index contributed by atoms with van der Waals surface area (Å²) in [4.78, 5) is 27.4. The van der Waals surface area contributed by atoms with Crippen LogP contribution in [0.1, 0.15) is 67.1 Å². The van der Waals surface area contributed by atoms with Crippen LogP contribution in [0.5, 0.6) is 11.5 Å². The first-order valence-corrected chi connectivity index (χ1v) is 13.1. The molecule has 1 N–H and O–H groups in total. The Kier molecular flexibility index (Phi) is 7.09. The zero-order valence-corrected chi connectivity index (χ0v) is 21.8. The summed E-state index contributed by atoms with van der Waals surface area (Å²) < 4.78 is 16.9. The highest BCUT2D eigenvalue weighted by Gasteiger charge is 2.46. The fourth-order valence-corrected chi connectivity index (χ4v) is 6.18. The lowest BCUT2D eigenvalue weighted by atomic mass is 9.68. The molecule has 1 saturated carbocycles. The number of nitrogens with one attached hydrogen (secondary N) is 1. The molecule has 5 rings (SSSR count). The van der Waals surface area contributed by atoms with E-state index in [0.29, 0.717) is 35.6 Å². The summed E-state index contributed by atoms with van der Waals surface area (Å²) in [6.07, 6.45) is 4.89. The topological polar surface area (TPSA) is 73.9 Å². The Morgan fingerprint density at radius 1 is 1.00 bits per heavy atom. The van der Waals surface area contributed by atoms with Gasteiger partial charge in [0, 0.05) is 29.3 Å². The zero-order valence-electron chi connectivity index (χ0n) is 21.8. The Morgan fingerprint density at radius 3 is 2.43 bits per heavy atom. The number of hydrogen-bond donors (Lipinski definition) is 1. The van der Waals surface area contributed by atoms with Gasteiger partial charge in [-0.2, -0.15) is 0 Å². The predicted molar refractivity (Wildman–Crippen MR) is 142 cm³/mol. The third kappa shape index (κ3) is 4.77. The van der Waals surface area contributed by atoms with E-state index in [4.69, 9.17) is 14.2 Å². The number of carbonyl (C=O) groups excluding carboxylic acids is 2. The van der Waals surface area contributed by atoms with E-state index in [1.807, 2.05) is 49.4 Å². The molecule has 0 aromatic heterocycles. The number of methoxy groups -OCH3 is 2. The minimum Gasteiger partial charge on any atom is -0.493 e. The van der Waals surface area contributed by atoms with Crippen LogP contribution < -0.4 is 14.8 Å². The molecular weight excluding hydrogens is 466 g/mol. The molecule has 0 amide bonds. The number of hydrogen-bond acceptors (Lipinski definition) is 6. The Bertz CT molecular complexity index is 1260. The minimum atomic E-state index is -0.651. The number of benzene rings is 2. The highest BCUT2D eigenvalue weighted by atomic mass is 16.5. The fraction of sp³-hybridized carbons (Fsp3) is 0.419. The van der Waals surface area contributed by atoms with Gasteiger partial charge in [0.25, 0.3) is 0 Å². The van der Waals surface area contributed by atoms with Gasteiger partial charge in [0.2, 0.25) is 0 Å². The van der Waals surface area contributed by atoms with Crippen molar-refractivity contribution in [1.82, 2.24) is 5.32 Å². The molecule has 3 aliphatic rings. The predicted octanol–water partition coefficient (Wildman–Crippen LogP) is 5.72. The number of ether oxygens (including phenoxy) is 3. The molecule has 0 radical (unpaired) electrons. The van der Waals surface area contributed by atoms with Gasteiger partial charge in [0.05, 0.1) is 14.2 Å². The van der Waals surface area contributed by atoms with E-state index in [9.17, 15) is 9.59 Å². The van der Waals surface area contributed by atoms with Gasteiger partial charge in [-0.3, -0.25) is 9.59 Å². The van der Waals surface area contributed by atoms with Crippen molar-refractivity contribution in [3.05, 3.63) is 82.7 Å². The van der Waals surface area contributed by atoms with Crippen LogP contribution in [0, 0.1) is 12.8 Å². The van der Waals surface area contributed by atoms with E-state index in [2.05, 4.69) is 11.9 Å². The van der Waals surface area contributed by atoms with Crippen LogP contribution in [0.15, 0.2) is 66.0 Å². The second kappa shape index (κ2) is 10.4. The SMILES string of the molecule is C=C1NC2=C(C(=O)CC(c3ccc(OC)c(OC)c3)C2)C(c2ccccc2C)C1C(=O)OC1CCCC1. The average molecular weight is 502 g/mol. The third-order valence-corrected chi connectivity index (χ3v) is 8.08. The van der Waals surface area contributed by atoms with Crippen LogP contribution >= 0.6 is 0 Å². The Hall–Kier alpha value is -3.54. The first-order chi connectivity index (χ1) is 17.9. The smallest absolute Gasteiger partial charge is 0.316 e. The molecule has 0 spiro atoms. The van der Waals surface area contributed by atoms with Gasteiger partial charge in [0.1, 0.15) is 12.0 Å². The Morgan fingerprint density at radius 2 is 1.73 bits per heavy atom. The van der Waals surface area contributed by atoms with Gasteiger partial charge in [-0.05, 0) is 73.8 Å². The Labute approximate surface area is 218 Å². The highest BCUT2D eigenvalue weighted by molar-refractivity contribution is 6.01. The second-order valence-corrected chi connectivity index (χ2v) is 10.3. The van der Waals surface area contributed by atoms with E-state index in [0.717, 1.165) is 48.1 Å². The Balaban J connectivity index is 1.53. The highest BCUT2D eigenvalue weighted by Crippen LogP contribution is 2.48. The summed E-state index contributed by atoms with van der Waals surface area (Å²) in [6.45, 7) is 6.29. The number of allylic oxidation sites excluding steroid dienone is 2. The molecule has 6 nitrogen and oxygen atoms in total. The molecule has 3 unspecified atom stereocenters. The lowest BCUT2D eigenvalue weighted by molar-refractivity contribution is -0.153. The molecule has 1 heterocycles. The van der Waals surface area contributed by atoms with Crippen molar-refractivity contribution in [2.24, 2.45) is 5.92 Å². The zero-order chi connectivity index (χ0) is 26.1. The summed E-state index contributed by atoms with van der Waals surface area (Å²) in [5.41, 5.74) is 5.16. The monoisotopic (exact) mass is 501 g/mol. The molecule has 1 fully saturated rings. The van der Waals surface area contributed by atoms with Crippen molar-refractivity contribution in [1.29, 1.82) is 0 Å². The lowest BCUT2D eigenvalue weighted by Gasteiger charge is -2.40. The molecule has 0 saturated heterocycles. The number of esters is 1. The largest absolute Gasteiger partial charge is 0.493 e. The molecule has 37 heavy (non-hydrogen) atoms. The van der Waals surface area contributed by atoms with Gasteiger partial charge < -0.3 is 19.5 Å². The van der Waals surface area contributed by atoms with Crippen molar-refractivity contribution in [2.75, 3.05) is 14.2 Å². The van der Waals surface area contributed by atoms with E-state index >= 15 is 0 Å². The standard InChI is InChI=1S/C31H35NO5/c1-18-9-5-8-12-23(18)29-28(31(34)37-22-10-6-7-11-22)19(2)32-24-15-21(16-25(33)30(24)29)20-13-14-26(35-3)27(17-20)36-4/h5,8-9,12-14,17,21-22,28-29,32H,2,6-7,10-11,15-16H2,1,3-4H3. The normalized spacial score (nSPS) is 23.9. The molecule has 3 atom stereocenters. The maximum Gasteiger partial charge on any atom is 0.316 e. The number of carbonyl (C=O) groups is 2. The van der Waals surface area contributed by atoms with Crippen LogP contribution in [0.2, 0.25) is 0 Å². The number of aryl methyl sites for hydroxylation is 1. The van der Waals surface area contributed by atoms with Gasteiger partial charge in [-0.15, -0.1) is 0 Å². The summed E-state index contributed by atoms with van der Waals surface area (Å²) in [6, 6.07) is 13.8. The summed E-state index contributed by atoms with van der Waals surface area (Å²) in [7, 11) is 3.22. The molecule has 1 aliphatic heterocycles. The third-order valence-electron chi connectivity index (χ3n) is 8.08. The first-order valence-electron chi connectivity index (χ1n) is 13.1. The van der Waals surface area contributed by atoms with Crippen LogP contribution in [-0.2, 0) is 14.3 Å². The number of Topliss-reactive ketones (excluding diaryl/α,β-unsaturated/α-hetero) is 1. The molecule has 6 heteroatoms. The minimum absolute atomic E-state index is 0.0223. The van der Waals surface area contributed by atoms with Crippen LogP contribution in [-0.4, -0.2) is 32.1 Å². The summed E-state index contributed by atoms with van der Waals surface area (Å²) in [5.74, 6) is -0.0426. The molecule has 0 bridgehead atoms. The number of ketones is 1. The van der Waals surface area contributed by atoms with Crippen molar-refractivity contribution in [3.63, 3.8) is 0 Å². The quantitative estimate of drug-likeness (QED) is 0.511. The van der Waals surface area contributed by atoms with Crippen molar-refractivity contribution >= 4 is 11.8 Å². The van der Waals surface area contributed by atoms with Gasteiger partial charge in [-0.1, -0.05) is 36.9 Å². The van der Waals surface area contributed by atoms with E-state index in [-0.39, 0.29) is 23.8 Å². The van der Waals surface area contributed by atoms with Crippen molar-refractivity contribution < 1.29 is 23.8 Å². The second-order valence-electron chi connectivity index (χ2n) is 10.3. The van der Waals surface area contributed by atoms with E-state index in [1.54, 1.807) is 14.2 Å². The van der Waals surface area contributed by atoms with Gasteiger partial charge in [0.15, 0.2) is 17.3 Å². The van der Waals surface area contributed by atoms with Crippen LogP contribution in [0.4, 0.5) is 0 Å². The lowest BCUT2D eigenvalue weighted by Crippen LogP contribution is -2.43. The van der Waals surface area contributed by atoms with E-state index < -0.39 is 11.8 Å². The molecule has 194 valence electrons. The number of rotatable bonds is 6. The van der Waals surface area contributed by atoms with Gasteiger partial charge in [-0.25, -0.2) is 0 Å². The first kappa shape index (κ1) is 25.1. The van der Waals surface area contributed by atoms with Crippen LogP contribution in [0.25, 0.3) is 0 Å². The fourth-order valence-electron chi connectivity index (χ4n) is 6.18. The summed E-state index contributed by atoms with van der Waals surface area (Å²) >= 11 is 0. The van der Waals surface area contributed by atoms with Crippen LogP contribution in [0.3, 0.4) is 0 Å². The molecule has 2 aromatic carbocycles.